The van der Waals surface area contributed by atoms with E-state index in [1.54, 1.807) is 18.2 Å². The van der Waals surface area contributed by atoms with Crippen LogP contribution in [0.5, 0.6) is 0 Å². The highest BCUT2D eigenvalue weighted by atomic mass is 35.5. The van der Waals surface area contributed by atoms with E-state index in [1.165, 1.54) is 6.07 Å². The number of benzene rings is 2. The molecular formula is C17H11Cl2F3N2O2S. The summed E-state index contributed by atoms with van der Waals surface area (Å²) in [6, 6.07) is 7.83. The number of carbonyl (C=O) groups excluding carboxylic acids is 2. The molecule has 1 atom stereocenters. The summed E-state index contributed by atoms with van der Waals surface area (Å²) >= 11 is 12.9. The molecule has 0 saturated heterocycles. The lowest BCUT2D eigenvalue weighted by molar-refractivity contribution is -0.137. The van der Waals surface area contributed by atoms with Gasteiger partial charge >= 0.3 is 6.18 Å². The minimum Gasteiger partial charge on any atom is -0.325 e. The lowest BCUT2D eigenvalue weighted by atomic mass is 10.1. The number of hydrogen-bond donors (Lipinski definition) is 2. The summed E-state index contributed by atoms with van der Waals surface area (Å²) in [5.74, 6) is -1.01. The number of alkyl halides is 3. The van der Waals surface area contributed by atoms with Gasteiger partial charge in [-0.2, -0.15) is 13.2 Å². The van der Waals surface area contributed by atoms with Gasteiger partial charge in [0, 0.05) is 11.3 Å². The monoisotopic (exact) mass is 434 g/mol. The van der Waals surface area contributed by atoms with E-state index in [0.717, 1.165) is 23.9 Å². The van der Waals surface area contributed by atoms with Crippen LogP contribution in [-0.2, 0) is 15.8 Å². The zero-order valence-electron chi connectivity index (χ0n) is 13.4. The van der Waals surface area contributed by atoms with Crippen molar-refractivity contribution in [1.29, 1.82) is 0 Å². The molecule has 0 unspecified atom stereocenters. The Bertz CT molecular complexity index is 922. The molecule has 0 radical (unpaired) electrons. The number of nitrogens with one attached hydrogen (secondary N) is 2. The van der Waals surface area contributed by atoms with E-state index in [9.17, 15) is 22.8 Å². The quantitative estimate of drug-likeness (QED) is 0.674. The maximum Gasteiger partial charge on any atom is 0.416 e. The number of carbonyl (C=O) groups is 2. The summed E-state index contributed by atoms with van der Waals surface area (Å²) in [4.78, 5) is 24.9. The van der Waals surface area contributed by atoms with Crippen molar-refractivity contribution in [2.45, 2.75) is 22.7 Å². The smallest absolute Gasteiger partial charge is 0.325 e. The summed E-state index contributed by atoms with van der Waals surface area (Å²) in [6.45, 7) is 0. The van der Waals surface area contributed by atoms with Crippen LogP contribution in [0.3, 0.4) is 0 Å². The van der Waals surface area contributed by atoms with Crippen molar-refractivity contribution in [3.8, 4) is 0 Å². The normalized spacial score (nSPS) is 16.5. The molecular weight excluding hydrogens is 424 g/mol. The molecule has 142 valence electrons. The van der Waals surface area contributed by atoms with Crippen LogP contribution < -0.4 is 10.6 Å². The molecule has 1 aliphatic rings. The van der Waals surface area contributed by atoms with Crippen LogP contribution in [0.25, 0.3) is 0 Å². The average molecular weight is 435 g/mol. The maximum absolute atomic E-state index is 12.8. The molecule has 0 bridgehead atoms. The molecule has 1 aliphatic heterocycles. The molecule has 0 aromatic heterocycles. The van der Waals surface area contributed by atoms with Crippen molar-refractivity contribution in [1.82, 2.24) is 0 Å². The van der Waals surface area contributed by atoms with Crippen LogP contribution >= 0.6 is 35.0 Å². The van der Waals surface area contributed by atoms with E-state index in [2.05, 4.69) is 10.6 Å². The van der Waals surface area contributed by atoms with Crippen LogP contribution in [0.2, 0.25) is 10.0 Å². The first kappa shape index (κ1) is 19.9. The molecule has 0 spiro atoms. The van der Waals surface area contributed by atoms with Crippen LogP contribution in [0.15, 0.2) is 41.3 Å². The summed E-state index contributed by atoms with van der Waals surface area (Å²) in [5, 5.41) is 4.67. The largest absolute Gasteiger partial charge is 0.416 e. The molecule has 3 rings (SSSR count). The Balaban J connectivity index is 1.71. The summed E-state index contributed by atoms with van der Waals surface area (Å²) in [7, 11) is 0. The van der Waals surface area contributed by atoms with Gasteiger partial charge in [0.2, 0.25) is 11.8 Å². The zero-order chi connectivity index (χ0) is 19.8. The molecule has 0 fully saturated rings. The van der Waals surface area contributed by atoms with Crippen LogP contribution in [0.1, 0.15) is 12.0 Å². The maximum atomic E-state index is 12.8. The summed E-state index contributed by atoms with van der Waals surface area (Å²) < 4.78 is 38.3. The first-order valence-electron chi connectivity index (χ1n) is 7.58. The molecule has 4 nitrogen and oxygen atoms in total. The zero-order valence-corrected chi connectivity index (χ0v) is 15.7. The van der Waals surface area contributed by atoms with Crippen molar-refractivity contribution in [2.24, 2.45) is 0 Å². The Labute approximate surface area is 166 Å². The van der Waals surface area contributed by atoms with E-state index >= 15 is 0 Å². The first-order chi connectivity index (χ1) is 12.6. The van der Waals surface area contributed by atoms with Crippen molar-refractivity contribution >= 4 is 58.2 Å². The number of rotatable bonds is 3. The standard InChI is InChI=1S/C17H11Cl2F3N2O2S/c18-9-2-1-3-10(15(9)19)23-14(25)7-13-16(26)24-11-6-8(17(20,21)22)4-5-12(11)27-13/h1-6,13H,7H2,(H,23,25)(H,24,26)/t13-/m0/s1. The third-order valence-electron chi connectivity index (χ3n) is 3.72. The van der Waals surface area contributed by atoms with Crippen LogP contribution in [-0.4, -0.2) is 17.1 Å². The van der Waals surface area contributed by atoms with Gasteiger partial charge in [-0.25, -0.2) is 0 Å². The second kappa shape index (κ2) is 7.61. The van der Waals surface area contributed by atoms with Gasteiger partial charge in [-0.3, -0.25) is 9.59 Å². The number of fused-ring (bicyclic) bond motifs is 1. The number of anilines is 2. The lowest BCUT2D eigenvalue weighted by Gasteiger charge is -2.24. The fourth-order valence-electron chi connectivity index (χ4n) is 2.43. The molecule has 2 aromatic rings. The Hall–Kier alpha value is -1.90. The Morgan fingerprint density at radius 1 is 1.22 bits per heavy atom. The minimum absolute atomic E-state index is 0.0781. The fourth-order valence-corrected chi connectivity index (χ4v) is 3.87. The van der Waals surface area contributed by atoms with Gasteiger partial charge in [0.15, 0.2) is 0 Å². The Kier molecular flexibility index (Phi) is 5.60. The van der Waals surface area contributed by atoms with Crippen LogP contribution in [0.4, 0.5) is 24.5 Å². The molecule has 27 heavy (non-hydrogen) atoms. The molecule has 0 saturated carbocycles. The number of amides is 2. The summed E-state index contributed by atoms with van der Waals surface area (Å²) in [6.07, 6.45) is -4.68. The molecule has 0 aliphatic carbocycles. The minimum atomic E-state index is -4.50. The first-order valence-corrected chi connectivity index (χ1v) is 9.21. The second-order valence-corrected chi connectivity index (χ2v) is 7.69. The summed E-state index contributed by atoms with van der Waals surface area (Å²) in [5.41, 5.74) is -0.464. The SMILES string of the molecule is O=C(C[C@@H]1Sc2ccc(C(F)(F)F)cc2NC1=O)Nc1cccc(Cl)c1Cl. The highest BCUT2D eigenvalue weighted by Crippen LogP contribution is 2.40. The van der Waals surface area contributed by atoms with Gasteiger partial charge in [0.05, 0.1) is 32.2 Å². The number of hydrogen-bond acceptors (Lipinski definition) is 3. The Morgan fingerprint density at radius 3 is 2.67 bits per heavy atom. The van der Waals surface area contributed by atoms with Gasteiger partial charge in [0.1, 0.15) is 0 Å². The third kappa shape index (κ3) is 4.51. The van der Waals surface area contributed by atoms with E-state index in [4.69, 9.17) is 23.2 Å². The highest BCUT2D eigenvalue weighted by Gasteiger charge is 2.34. The average Bonchev–Trinajstić information content (AvgIpc) is 2.58. The van der Waals surface area contributed by atoms with E-state index < -0.39 is 28.8 Å². The van der Waals surface area contributed by atoms with Gasteiger partial charge in [0.25, 0.3) is 0 Å². The van der Waals surface area contributed by atoms with Crippen molar-refractivity contribution < 1.29 is 22.8 Å². The molecule has 2 amide bonds. The van der Waals surface area contributed by atoms with E-state index in [0.29, 0.717) is 10.6 Å². The highest BCUT2D eigenvalue weighted by molar-refractivity contribution is 8.01. The Morgan fingerprint density at radius 2 is 1.96 bits per heavy atom. The third-order valence-corrected chi connectivity index (χ3v) is 5.82. The topological polar surface area (TPSA) is 58.2 Å². The van der Waals surface area contributed by atoms with Crippen molar-refractivity contribution in [3.05, 3.63) is 52.0 Å². The molecule has 2 aromatic carbocycles. The predicted octanol–water partition coefficient (Wildman–Crippen LogP) is 5.45. The molecule has 10 heteroatoms. The van der Waals surface area contributed by atoms with Gasteiger partial charge < -0.3 is 10.6 Å². The lowest BCUT2D eigenvalue weighted by Crippen LogP contribution is -2.32. The van der Waals surface area contributed by atoms with Crippen molar-refractivity contribution in [2.75, 3.05) is 10.6 Å². The van der Waals surface area contributed by atoms with E-state index in [-0.39, 0.29) is 22.2 Å². The van der Waals surface area contributed by atoms with Crippen molar-refractivity contribution in [3.63, 3.8) is 0 Å². The number of thioether (sulfide) groups is 1. The van der Waals surface area contributed by atoms with Crippen LogP contribution in [0, 0.1) is 0 Å². The van der Waals surface area contributed by atoms with E-state index in [1.807, 2.05) is 0 Å². The predicted molar refractivity (Wildman–Crippen MR) is 99.4 cm³/mol. The molecule has 1 heterocycles. The van der Waals surface area contributed by atoms with Gasteiger partial charge in [-0.1, -0.05) is 29.3 Å². The fraction of sp³-hybridized carbons (Fsp3) is 0.176. The molecule has 2 N–H and O–H groups in total. The van der Waals surface area contributed by atoms with Gasteiger partial charge in [-0.05, 0) is 30.3 Å². The number of halogens is 5. The van der Waals surface area contributed by atoms with Gasteiger partial charge in [-0.15, -0.1) is 11.8 Å². The second-order valence-electron chi connectivity index (χ2n) is 5.66.